The van der Waals surface area contributed by atoms with E-state index in [2.05, 4.69) is 20.3 Å². The van der Waals surface area contributed by atoms with E-state index in [0.717, 1.165) is 39.1 Å². The number of imidazole rings is 1. The van der Waals surface area contributed by atoms with E-state index in [1.807, 2.05) is 42.5 Å². The second kappa shape index (κ2) is 9.98. The zero-order chi connectivity index (χ0) is 25.1. The van der Waals surface area contributed by atoms with Gasteiger partial charge in [-0.3, -0.25) is 4.57 Å². The van der Waals surface area contributed by atoms with E-state index in [-0.39, 0.29) is 19.0 Å². The predicted octanol–water partition coefficient (Wildman–Crippen LogP) is 1.41. The summed E-state index contributed by atoms with van der Waals surface area (Å²) in [5, 5.41) is 3.13. The summed E-state index contributed by atoms with van der Waals surface area (Å²) in [6, 6.07) is 13.1. The molecule has 0 radical (unpaired) electrons. The maximum absolute atomic E-state index is 13.6. The summed E-state index contributed by atoms with van der Waals surface area (Å²) < 4.78 is 13.4. The number of hydrogen-bond donors (Lipinski definition) is 3. The maximum atomic E-state index is 13.6. The molecule has 11 nitrogen and oxygen atoms in total. The SMILES string of the molecule is COc1ccc(Cn2c(NCCc3cnc(N)[nH]3)nc(=O)n(Cc3ccc4c(c3)CCO4)c2=O)cc1. The van der Waals surface area contributed by atoms with Gasteiger partial charge in [0.2, 0.25) is 5.95 Å². The molecule has 5 rings (SSSR count). The Morgan fingerprint density at radius 2 is 1.89 bits per heavy atom. The zero-order valence-electron chi connectivity index (χ0n) is 19.9. The van der Waals surface area contributed by atoms with Crippen molar-refractivity contribution in [1.29, 1.82) is 0 Å². The van der Waals surface area contributed by atoms with Crippen LogP contribution in [0, 0.1) is 0 Å². The molecule has 0 bridgehead atoms. The van der Waals surface area contributed by atoms with Crippen molar-refractivity contribution in [2.45, 2.75) is 25.9 Å². The minimum Gasteiger partial charge on any atom is -0.497 e. The van der Waals surface area contributed by atoms with E-state index in [4.69, 9.17) is 15.2 Å². The molecule has 0 amide bonds. The number of benzene rings is 2. The molecule has 186 valence electrons. The van der Waals surface area contributed by atoms with Gasteiger partial charge in [-0.1, -0.05) is 24.3 Å². The van der Waals surface area contributed by atoms with E-state index >= 15 is 0 Å². The van der Waals surface area contributed by atoms with Gasteiger partial charge in [0, 0.05) is 25.1 Å². The van der Waals surface area contributed by atoms with Crippen LogP contribution in [0.25, 0.3) is 0 Å². The summed E-state index contributed by atoms with van der Waals surface area (Å²) >= 11 is 0. The first-order valence-electron chi connectivity index (χ1n) is 11.6. The Balaban J connectivity index is 1.45. The highest BCUT2D eigenvalue weighted by molar-refractivity contribution is 5.40. The molecule has 4 N–H and O–H groups in total. The number of nitrogens with one attached hydrogen (secondary N) is 2. The first kappa shape index (κ1) is 23.2. The third kappa shape index (κ3) is 4.95. The molecule has 0 atom stereocenters. The number of fused-ring (bicyclic) bond motifs is 1. The quantitative estimate of drug-likeness (QED) is 0.320. The van der Waals surface area contributed by atoms with Crippen molar-refractivity contribution in [3.05, 3.63) is 92.0 Å². The highest BCUT2D eigenvalue weighted by Crippen LogP contribution is 2.26. The lowest BCUT2D eigenvalue weighted by Crippen LogP contribution is -2.43. The topological polar surface area (TPSA) is 142 Å². The molecule has 36 heavy (non-hydrogen) atoms. The monoisotopic (exact) mass is 489 g/mol. The highest BCUT2D eigenvalue weighted by Gasteiger charge is 2.17. The molecule has 0 spiro atoms. The van der Waals surface area contributed by atoms with Gasteiger partial charge in [-0.15, -0.1) is 0 Å². The van der Waals surface area contributed by atoms with Gasteiger partial charge >= 0.3 is 11.4 Å². The van der Waals surface area contributed by atoms with Crippen LogP contribution in [0.15, 0.2) is 58.3 Å². The number of ether oxygens (including phenoxy) is 2. The first-order chi connectivity index (χ1) is 17.5. The van der Waals surface area contributed by atoms with E-state index in [1.165, 1.54) is 4.57 Å². The molecule has 0 aliphatic carbocycles. The fourth-order valence-corrected chi connectivity index (χ4v) is 4.19. The normalized spacial score (nSPS) is 12.2. The van der Waals surface area contributed by atoms with Crippen LogP contribution in [0.1, 0.15) is 22.4 Å². The van der Waals surface area contributed by atoms with Crippen molar-refractivity contribution in [1.82, 2.24) is 24.1 Å². The van der Waals surface area contributed by atoms with Crippen molar-refractivity contribution in [2.75, 3.05) is 31.3 Å². The van der Waals surface area contributed by atoms with Crippen LogP contribution < -0.4 is 31.9 Å². The van der Waals surface area contributed by atoms with E-state index in [1.54, 1.807) is 13.3 Å². The van der Waals surface area contributed by atoms with Gasteiger partial charge in [-0.25, -0.2) is 19.1 Å². The van der Waals surface area contributed by atoms with E-state index < -0.39 is 11.4 Å². The lowest BCUT2D eigenvalue weighted by molar-refractivity contribution is 0.357. The average Bonchev–Trinajstić information content (AvgIpc) is 3.52. The maximum Gasteiger partial charge on any atom is 0.355 e. The number of rotatable bonds is 9. The van der Waals surface area contributed by atoms with Crippen LogP contribution in [-0.4, -0.2) is 44.3 Å². The molecule has 1 aliphatic heterocycles. The Morgan fingerprint density at radius 1 is 1.11 bits per heavy atom. The fourth-order valence-electron chi connectivity index (χ4n) is 4.19. The second-order valence-electron chi connectivity index (χ2n) is 8.53. The average molecular weight is 490 g/mol. The summed E-state index contributed by atoms with van der Waals surface area (Å²) in [6.07, 6.45) is 3.01. The van der Waals surface area contributed by atoms with Gasteiger partial charge in [0.15, 0.2) is 5.95 Å². The van der Waals surface area contributed by atoms with Crippen molar-refractivity contribution in [3.8, 4) is 11.5 Å². The fraction of sp³-hybridized carbons (Fsp3) is 0.280. The number of anilines is 2. The van der Waals surface area contributed by atoms with Gasteiger partial charge in [0.05, 0.1) is 33.0 Å². The van der Waals surface area contributed by atoms with Crippen LogP contribution in [0.5, 0.6) is 11.5 Å². The molecule has 3 heterocycles. The van der Waals surface area contributed by atoms with Gasteiger partial charge in [-0.05, 0) is 34.9 Å². The molecular weight excluding hydrogens is 462 g/mol. The highest BCUT2D eigenvalue weighted by atomic mass is 16.5. The molecule has 0 saturated carbocycles. The summed E-state index contributed by atoms with van der Waals surface area (Å²) in [5.41, 5.74) is 8.19. The molecule has 2 aromatic heterocycles. The Bertz CT molecular complexity index is 1490. The standard InChI is InChI=1S/C25H27N7O4/c1-35-20-5-2-16(3-6-20)14-31-23(27-10-8-19-13-28-22(26)29-19)30-24(33)32(25(31)34)15-17-4-7-21-18(12-17)9-11-36-21/h2-7,12-13H,8-11,14-15H2,1H3,(H3,26,28,29)(H,27,30,33). The number of nitrogens with two attached hydrogens (primary N) is 1. The minimum atomic E-state index is -0.615. The molecule has 1 aliphatic rings. The Kier molecular flexibility index (Phi) is 6.44. The third-order valence-electron chi connectivity index (χ3n) is 6.07. The summed E-state index contributed by atoms with van der Waals surface area (Å²) in [7, 11) is 1.60. The molecule has 0 fully saturated rings. The minimum absolute atomic E-state index is 0.119. The molecule has 2 aromatic carbocycles. The lowest BCUT2D eigenvalue weighted by Gasteiger charge is -2.16. The number of nitrogen functional groups attached to an aromatic ring is 1. The molecule has 0 saturated heterocycles. The van der Waals surface area contributed by atoms with Crippen LogP contribution >= 0.6 is 0 Å². The Morgan fingerprint density at radius 3 is 2.64 bits per heavy atom. The van der Waals surface area contributed by atoms with Crippen molar-refractivity contribution < 1.29 is 9.47 Å². The van der Waals surface area contributed by atoms with Gasteiger partial charge in [0.25, 0.3) is 0 Å². The zero-order valence-corrected chi connectivity index (χ0v) is 19.9. The van der Waals surface area contributed by atoms with Gasteiger partial charge < -0.3 is 25.5 Å². The van der Waals surface area contributed by atoms with Crippen LogP contribution in [0.3, 0.4) is 0 Å². The number of aromatic amines is 1. The second-order valence-corrected chi connectivity index (χ2v) is 8.53. The molecular formula is C25H27N7O4. The van der Waals surface area contributed by atoms with Crippen LogP contribution in [-0.2, 0) is 25.9 Å². The van der Waals surface area contributed by atoms with Crippen molar-refractivity contribution in [2.24, 2.45) is 0 Å². The number of nitrogens with zero attached hydrogens (tertiary/aromatic N) is 4. The number of methoxy groups -OCH3 is 1. The van der Waals surface area contributed by atoms with Crippen LogP contribution in [0.2, 0.25) is 0 Å². The number of aromatic nitrogens is 5. The number of hydrogen-bond acceptors (Lipinski definition) is 8. The summed E-state index contributed by atoms with van der Waals surface area (Å²) in [5.74, 6) is 2.10. The van der Waals surface area contributed by atoms with Crippen molar-refractivity contribution >= 4 is 11.9 Å². The van der Waals surface area contributed by atoms with E-state index in [9.17, 15) is 9.59 Å². The first-order valence-corrected chi connectivity index (χ1v) is 11.6. The third-order valence-corrected chi connectivity index (χ3v) is 6.07. The van der Waals surface area contributed by atoms with Crippen LogP contribution in [0.4, 0.5) is 11.9 Å². The summed E-state index contributed by atoms with van der Waals surface area (Å²) in [4.78, 5) is 37.7. The smallest absolute Gasteiger partial charge is 0.355 e. The lowest BCUT2D eigenvalue weighted by atomic mass is 10.1. The summed E-state index contributed by atoms with van der Waals surface area (Å²) in [6.45, 7) is 1.41. The molecule has 4 aromatic rings. The Labute approximate surface area is 206 Å². The van der Waals surface area contributed by atoms with E-state index in [0.29, 0.717) is 31.3 Å². The van der Waals surface area contributed by atoms with Gasteiger partial charge in [-0.2, -0.15) is 4.98 Å². The molecule has 0 unspecified atom stereocenters. The van der Waals surface area contributed by atoms with Gasteiger partial charge in [0.1, 0.15) is 11.5 Å². The Hall–Kier alpha value is -4.54. The van der Waals surface area contributed by atoms with Crippen molar-refractivity contribution in [3.63, 3.8) is 0 Å². The predicted molar refractivity (Wildman–Crippen MR) is 135 cm³/mol. The number of H-pyrrole nitrogens is 1. The largest absolute Gasteiger partial charge is 0.497 e. The molecule has 11 heteroatoms.